The molecule has 0 unspecified atom stereocenters. The zero-order chi connectivity index (χ0) is 17.5. The number of hydrogen-bond acceptors (Lipinski definition) is 4. The zero-order valence-electron chi connectivity index (χ0n) is 14.3. The average Bonchev–Trinajstić information content (AvgIpc) is 2.43. The molecule has 0 aliphatic heterocycles. The molecule has 1 aromatic carbocycles. The van der Waals surface area contributed by atoms with Crippen LogP contribution in [0.1, 0.15) is 40.2 Å². The Morgan fingerprint density at radius 1 is 1.04 bits per heavy atom. The molecule has 0 aliphatic rings. The maximum atomic E-state index is 11.9. The van der Waals surface area contributed by atoms with Crippen molar-refractivity contribution in [3.63, 3.8) is 0 Å². The number of benzene rings is 1. The lowest BCUT2D eigenvalue weighted by Crippen LogP contribution is -2.52. The fourth-order valence-corrected chi connectivity index (χ4v) is 1.78. The number of thiocarbonyl (C=S) groups is 1. The third-order valence-electron chi connectivity index (χ3n) is 2.54. The molecule has 126 valence electrons. The van der Waals surface area contributed by atoms with E-state index in [-0.39, 0.29) is 5.54 Å². The first kappa shape index (κ1) is 19.0. The van der Waals surface area contributed by atoms with Crippen molar-refractivity contribution >= 4 is 23.2 Å². The van der Waals surface area contributed by atoms with Crippen molar-refractivity contribution in [3.8, 4) is 0 Å². The second kappa shape index (κ2) is 8.01. The van der Waals surface area contributed by atoms with Gasteiger partial charge in [0.1, 0.15) is 5.66 Å². The van der Waals surface area contributed by atoms with Crippen LogP contribution in [0.4, 0.5) is 4.79 Å². The smallest absolute Gasteiger partial charge is 0.311 e. The van der Waals surface area contributed by atoms with E-state index in [1.54, 1.807) is 13.8 Å². The van der Waals surface area contributed by atoms with Gasteiger partial charge in [-0.3, -0.25) is 10.9 Å². The Hall–Kier alpha value is -2.02. The Kier molecular flexibility index (Phi) is 6.62. The topological polar surface area (TPSA) is 77.9 Å². The van der Waals surface area contributed by atoms with Crippen LogP contribution in [0.5, 0.6) is 0 Å². The van der Waals surface area contributed by atoms with Gasteiger partial charge in [-0.05, 0) is 40.2 Å². The molecule has 0 aromatic heterocycles. The molecule has 0 saturated heterocycles. The number of carbonyl (C=O) groups is 1. The quantitative estimate of drug-likeness (QED) is 0.448. The summed E-state index contributed by atoms with van der Waals surface area (Å²) in [5.74, 6) is 0. The fraction of sp³-hybridized carbons (Fsp3) is 0.500. The van der Waals surface area contributed by atoms with Crippen molar-refractivity contribution in [1.82, 2.24) is 16.2 Å². The predicted molar refractivity (Wildman–Crippen MR) is 96.2 cm³/mol. The summed E-state index contributed by atoms with van der Waals surface area (Å²) < 4.78 is 0. The van der Waals surface area contributed by atoms with E-state index in [1.807, 2.05) is 51.1 Å². The van der Waals surface area contributed by atoms with Crippen LogP contribution in [-0.4, -0.2) is 22.2 Å². The standard InChI is InChI=1S/C16H25N5OS/c1-15(2,3)20-21-16(4,5)17-14(22)19-18-13(23)11-12-9-7-6-8-10-12/h6-10H,11H2,1-5H3,(H,18,23)(H2,17,19,22)/b21-20+. The molecule has 0 atom stereocenters. The molecule has 1 aromatic rings. The Balaban J connectivity index is 2.41. The van der Waals surface area contributed by atoms with E-state index in [9.17, 15) is 4.79 Å². The van der Waals surface area contributed by atoms with Gasteiger partial charge in [0.2, 0.25) is 0 Å². The Labute approximate surface area is 143 Å². The highest BCUT2D eigenvalue weighted by Crippen LogP contribution is 2.12. The van der Waals surface area contributed by atoms with Crippen molar-refractivity contribution in [2.75, 3.05) is 0 Å². The van der Waals surface area contributed by atoms with Crippen LogP contribution < -0.4 is 16.2 Å². The highest BCUT2D eigenvalue weighted by Gasteiger charge is 2.21. The van der Waals surface area contributed by atoms with Crippen LogP contribution >= 0.6 is 12.2 Å². The SMILES string of the molecule is CC(C)(C)/N=N/C(C)(C)NC(=O)NNC(=S)Cc1ccccc1. The zero-order valence-corrected chi connectivity index (χ0v) is 15.1. The number of hydrogen-bond donors (Lipinski definition) is 3. The van der Waals surface area contributed by atoms with Gasteiger partial charge in [0, 0.05) is 6.42 Å². The normalized spacial score (nSPS) is 12.0. The monoisotopic (exact) mass is 335 g/mol. The van der Waals surface area contributed by atoms with Gasteiger partial charge in [-0.2, -0.15) is 10.2 Å². The first-order chi connectivity index (χ1) is 10.6. The van der Waals surface area contributed by atoms with E-state index in [2.05, 4.69) is 26.4 Å². The molecule has 23 heavy (non-hydrogen) atoms. The number of nitrogens with one attached hydrogen (secondary N) is 3. The van der Waals surface area contributed by atoms with Gasteiger partial charge in [0.25, 0.3) is 0 Å². The van der Waals surface area contributed by atoms with Crippen LogP contribution in [0, 0.1) is 0 Å². The molecular formula is C16H25N5OS. The molecular weight excluding hydrogens is 310 g/mol. The van der Waals surface area contributed by atoms with Gasteiger partial charge in [0.05, 0.1) is 10.5 Å². The van der Waals surface area contributed by atoms with Gasteiger partial charge < -0.3 is 5.32 Å². The molecule has 1 rings (SSSR count). The summed E-state index contributed by atoms with van der Waals surface area (Å²) in [5, 5.41) is 11.0. The molecule has 0 heterocycles. The lowest BCUT2D eigenvalue weighted by atomic mass is 10.1. The van der Waals surface area contributed by atoms with Crippen LogP contribution in [0.25, 0.3) is 0 Å². The molecule has 0 radical (unpaired) electrons. The fourth-order valence-electron chi connectivity index (χ4n) is 1.56. The molecule has 6 nitrogen and oxygen atoms in total. The van der Waals surface area contributed by atoms with E-state index in [0.717, 1.165) is 5.56 Å². The third kappa shape index (κ3) is 8.87. The molecule has 0 saturated carbocycles. The van der Waals surface area contributed by atoms with Gasteiger partial charge in [0.15, 0.2) is 0 Å². The summed E-state index contributed by atoms with van der Waals surface area (Å²) in [4.78, 5) is 12.4. The number of rotatable bonds is 4. The number of carbonyl (C=O) groups excluding carboxylic acids is 1. The molecule has 7 heteroatoms. The van der Waals surface area contributed by atoms with Gasteiger partial charge in [-0.15, -0.1) is 0 Å². The van der Waals surface area contributed by atoms with Crippen LogP contribution in [0.3, 0.4) is 0 Å². The minimum Gasteiger partial charge on any atom is -0.311 e. The second-order valence-electron chi connectivity index (χ2n) is 6.72. The summed E-state index contributed by atoms with van der Waals surface area (Å²) in [6.07, 6.45) is 0.559. The molecule has 0 spiro atoms. The highest BCUT2D eigenvalue weighted by molar-refractivity contribution is 7.80. The predicted octanol–water partition coefficient (Wildman–Crippen LogP) is 3.35. The van der Waals surface area contributed by atoms with Crippen LogP contribution in [0.15, 0.2) is 40.6 Å². The molecule has 0 bridgehead atoms. The van der Waals surface area contributed by atoms with Crippen LogP contribution in [-0.2, 0) is 6.42 Å². The first-order valence-electron chi connectivity index (χ1n) is 7.42. The third-order valence-corrected chi connectivity index (χ3v) is 2.79. The van der Waals surface area contributed by atoms with Crippen molar-refractivity contribution in [2.45, 2.75) is 52.2 Å². The molecule has 0 fully saturated rings. The molecule has 0 aliphatic carbocycles. The largest absolute Gasteiger partial charge is 0.335 e. The van der Waals surface area contributed by atoms with Crippen molar-refractivity contribution in [3.05, 3.63) is 35.9 Å². The van der Waals surface area contributed by atoms with E-state index in [1.165, 1.54) is 0 Å². The average molecular weight is 335 g/mol. The summed E-state index contributed by atoms with van der Waals surface area (Å²) >= 11 is 5.20. The summed E-state index contributed by atoms with van der Waals surface area (Å²) in [7, 11) is 0. The maximum absolute atomic E-state index is 11.9. The first-order valence-corrected chi connectivity index (χ1v) is 7.83. The number of azo groups is 1. The van der Waals surface area contributed by atoms with E-state index in [4.69, 9.17) is 12.2 Å². The minimum absolute atomic E-state index is 0.287. The maximum Gasteiger partial charge on any atom is 0.335 e. The van der Waals surface area contributed by atoms with Crippen molar-refractivity contribution in [2.24, 2.45) is 10.2 Å². The highest BCUT2D eigenvalue weighted by atomic mass is 32.1. The molecule has 2 amide bonds. The Bertz CT molecular complexity index is 564. The number of urea groups is 1. The lowest BCUT2D eigenvalue weighted by Gasteiger charge is -2.22. The number of nitrogens with zero attached hydrogens (tertiary/aromatic N) is 2. The summed E-state index contributed by atoms with van der Waals surface area (Å²) in [6, 6.07) is 9.37. The second-order valence-corrected chi connectivity index (χ2v) is 7.21. The number of amides is 2. The van der Waals surface area contributed by atoms with Gasteiger partial charge >= 0.3 is 6.03 Å². The minimum atomic E-state index is -0.805. The van der Waals surface area contributed by atoms with Gasteiger partial charge in [-0.25, -0.2) is 4.79 Å². The van der Waals surface area contributed by atoms with Crippen molar-refractivity contribution < 1.29 is 4.79 Å². The molecule has 3 N–H and O–H groups in total. The Morgan fingerprint density at radius 2 is 1.65 bits per heavy atom. The van der Waals surface area contributed by atoms with E-state index >= 15 is 0 Å². The lowest BCUT2D eigenvalue weighted by molar-refractivity contribution is 0.227. The number of hydrazine groups is 1. The summed E-state index contributed by atoms with van der Waals surface area (Å²) in [5.41, 5.74) is 5.22. The van der Waals surface area contributed by atoms with E-state index in [0.29, 0.717) is 11.4 Å². The van der Waals surface area contributed by atoms with Crippen LogP contribution in [0.2, 0.25) is 0 Å². The van der Waals surface area contributed by atoms with Gasteiger partial charge in [-0.1, -0.05) is 42.5 Å². The Morgan fingerprint density at radius 3 is 2.22 bits per heavy atom. The van der Waals surface area contributed by atoms with Crippen molar-refractivity contribution in [1.29, 1.82) is 0 Å². The summed E-state index contributed by atoms with van der Waals surface area (Å²) in [6.45, 7) is 9.36. The van der Waals surface area contributed by atoms with E-state index < -0.39 is 11.7 Å².